The molecule has 9 heteroatoms. The quantitative estimate of drug-likeness (QED) is 0.295. The molecule has 3 aromatic carbocycles. The Hall–Kier alpha value is -4.45. The SMILES string of the molecule is CCOC(=O)C1=C(C)N=c2s/c(=C\c3ccccc3OCc3ccc(C#N)cc3)c(=O)n2[C@H]1c1ccccc1Cl. The number of hydrogen-bond acceptors (Lipinski definition) is 7. The molecule has 0 N–H and O–H groups in total. The first kappa shape index (κ1) is 27.1. The number of nitriles is 1. The summed E-state index contributed by atoms with van der Waals surface area (Å²) in [4.78, 5) is 32.0. The molecule has 0 fully saturated rings. The summed E-state index contributed by atoms with van der Waals surface area (Å²) in [7, 11) is 0. The minimum absolute atomic E-state index is 0.189. The molecular weight excluding hydrogens is 546 g/mol. The van der Waals surface area contributed by atoms with Gasteiger partial charge in [0.2, 0.25) is 0 Å². The summed E-state index contributed by atoms with van der Waals surface area (Å²) < 4.78 is 13.4. The Morgan fingerprint density at radius 3 is 2.58 bits per heavy atom. The van der Waals surface area contributed by atoms with Gasteiger partial charge >= 0.3 is 5.97 Å². The highest BCUT2D eigenvalue weighted by molar-refractivity contribution is 7.07. The number of aromatic nitrogens is 1. The molecule has 7 nitrogen and oxygen atoms in total. The van der Waals surface area contributed by atoms with Gasteiger partial charge in [-0.2, -0.15) is 5.26 Å². The molecule has 0 saturated carbocycles. The van der Waals surface area contributed by atoms with Crippen molar-refractivity contribution in [3.63, 3.8) is 0 Å². The van der Waals surface area contributed by atoms with E-state index in [1.165, 1.54) is 15.9 Å². The van der Waals surface area contributed by atoms with E-state index in [-0.39, 0.29) is 17.7 Å². The monoisotopic (exact) mass is 569 g/mol. The largest absolute Gasteiger partial charge is 0.488 e. The molecule has 0 radical (unpaired) electrons. The minimum Gasteiger partial charge on any atom is -0.488 e. The third-order valence-electron chi connectivity index (χ3n) is 6.40. The van der Waals surface area contributed by atoms with Crippen LogP contribution in [-0.4, -0.2) is 17.1 Å². The van der Waals surface area contributed by atoms with Gasteiger partial charge in [-0.15, -0.1) is 0 Å². The van der Waals surface area contributed by atoms with Crippen LogP contribution in [0.4, 0.5) is 0 Å². The maximum absolute atomic E-state index is 13.9. The number of hydrogen-bond donors (Lipinski definition) is 0. The lowest BCUT2D eigenvalue weighted by Gasteiger charge is -2.25. The van der Waals surface area contributed by atoms with Crippen LogP contribution in [0.5, 0.6) is 5.75 Å². The van der Waals surface area contributed by atoms with Crippen LogP contribution in [-0.2, 0) is 16.1 Å². The number of rotatable bonds is 7. The van der Waals surface area contributed by atoms with Crippen molar-refractivity contribution in [1.29, 1.82) is 5.26 Å². The number of carbonyl (C=O) groups excluding carboxylic acids is 1. The number of carbonyl (C=O) groups is 1. The molecular formula is C31H24ClN3O4S. The number of esters is 1. The van der Waals surface area contributed by atoms with Gasteiger partial charge in [0.25, 0.3) is 5.56 Å². The molecule has 1 atom stereocenters. The molecule has 0 unspecified atom stereocenters. The smallest absolute Gasteiger partial charge is 0.338 e. The van der Waals surface area contributed by atoms with Crippen molar-refractivity contribution in [3.8, 4) is 11.8 Å². The molecule has 5 rings (SSSR count). The van der Waals surface area contributed by atoms with Gasteiger partial charge in [0.1, 0.15) is 18.4 Å². The molecule has 1 aromatic heterocycles. The number of allylic oxidation sites excluding steroid dienone is 1. The van der Waals surface area contributed by atoms with Gasteiger partial charge in [0.15, 0.2) is 4.80 Å². The van der Waals surface area contributed by atoms with Crippen molar-refractivity contribution < 1.29 is 14.3 Å². The van der Waals surface area contributed by atoms with Crippen LogP contribution in [0, 0.1) is 11.3 Å². The Bertz CT molecular complexity index is 1850. The van der Waals surface area contributed by atoms with E-state index < -0.39 is 12.0 Å². The fraction of sp³-hybridized carbons (Fsp3) is 0.161. The number of halogens is 1. The summed E-state index contributed by atoms with van der Waals surface area (Å²) in [5.41, 5.74) is 3.27. The van der Waals surface area contributed by atoms with Crippen molar-refractivity contribution >= 4 is 35.0 Å². The predicted octanol–water partition coefficient (Wildman–Crippen LogP) is 4.90. The third kappa shape index (κ3) is 5.34. The number of benzene rings is 3. The number of fused-ring (bicyclic) bond motifs is 1. The predicted molar refractivity (Wildman–Crippen MR) is 154 cm³/mol. The second-order valence-corrected chi connectivity index (χ2v) is 10.4. The van der Waals surface area contributed by atoms with Crippen molar-refractivity contribution in [2.45, 2.75) is 26.5 Å². The van der Waals surface area contributed by atoms with Gasteiger partial charge < -0.3 is 9.47 Å². The highest BCUT2D eigenvalue weighted by atomic mass is 35.5. The zero-order chi connectivity index (χ0) is 28.2. The second-order valence-electron chi connectivity index (χ2n) is 8.96. The molecule has 1 aliphatic rings. The summed E-state index contributed by atoms with van der Waals surface area (Å²) in [5, 5.41) is 9.45. The van der Waals surface area contributed by atoms with Gasteiger partial charge in [-0.05, 0) is 55.3 Å². The first-order valence-corrected chi connectivity index (χ1v) is 13.8. The molecule has 40 heavy (non-hydrogen) atoms. The topological polar surface area (TPSA) is 93.7 Å². The van der Waals surface area contributed by atoms with Gasteiger partial charge in [-0.3, -0.25) is 9.36 Å². The highest BCUT2D eigenvalue weighted by Crippen LogP contribution is 2.34. The van der Waals surface area contributed by atoms with Crippen LogP contribution < -0.4 is 19.6 Å². The van der Waals surface area contributed by atoms with Gasteiger partial charge in [0.05, 0.1) is 34.0 Å². The van der Waals surface area contributed by atoms with Crippen LogP contribution in [0.1, 0.15) is 42.1 Å². The van der Waals surface area contributed by atoms with Crippen molar-refractivity contribution in [2.24, 2.45) is 4.99 Å². The fourth-order valence-electron chi connectivity index (χ4n) is 4.49. The van der Waals surface area contributed by atoms with E-state index >= 15 is 0 Å². The van der Waals surface area contributed by atoms with Crippen LogP contribution >= 0.6 is 22.9 Å². The number of nitrogens with zero attached hydrogens (tertiary/aromatic N) is 3. The lowest BCUT2D eigenvalue weighted by molar-refractivity contribution is -0.139. The lowest BCUT2D eigenvalue weighted by Crippen LogP contribution is -2.40. The molecule has 0 bridgehead atoms. The van der Waals surface area contributed by atoms with E-state index in [4.69, 9.17) is 26.3 Å². The van der Waals surface area contributed by atoms with E-state index in [0.29, 0.717) is 43.5 Å². The summed E-state index contributed by atoms with van der Waals surface area (Å²) in [6.07, 6.45) is 1.77. The average molecular weight is 570 g/mol. The lowest BCUT2D eigenvalue weighted by atomic mass is 9.96. The number of ether oxygens (including phenoxy) is 2. The Morgan fingerprint density at radius 2 is 1.85 bits per heavy atom. The van der Waals surface area contributed by atoms with E-state index in [2.05, 4.69) is 11.1 Å². The van der Waals surface area contributed by atoms with Crippen LogP contribution in [0.25, 0.3) is 6.08 Å². The van der Waals surface area contributed by atoms with Crippen molar-refractivity contribution in [3.05, 3.63) is 131 Å². The normalized spacial score (nSPS) is 14.8. The highest BCUT2D eigenvalue weighted by Gasteiger charge is 2.34. The minimum atomic E-state index is -0.783. The maximum atomic E-state index is 13.9. The summed E-state index contributed by atoms with van der Waals surface area (Å²) in [6.45, 7) is 3.95. The Morgan fingerprint density at radius 1 is 1.12 bits per heavy atom. The number of para-hydroxylation sites is 1. The molecule has 200 valence electrons. The summed E-state index contributed by atoms with van der Waals surface area (Å²) >= 11 is 7.81. The molecule has 0 saturated heterocycles. The van der Waals surface area contributed by atoms with Crippen molar-refractivity contribution in [2.75, 3.05) is 6.61 Å². The van der Waals surface area contributed by atoms with Gasteiger partial charge in [-0.1, -0.05) is 71.5 Å². The number of thiazole rings is 1. The van der Waals surface area contributed by atoms with Gasteiger partial charge in [-0.25, -0.2) is 9.79 Å². The van der Waals surface area contributed by atoms with Gasteiger partial charge in [0, 0.05) is 10.6 Å². The average Bonchev–Trinajstić information content (AvgIpc) is 3.26. The molecule has 0 aliphatic carbocycles. The van der Waals surface area contributed by atoms with Crippen LogP contribution in [0.2, 0.25) is 5.02 Å². The first-order chi connectivity index (χ1) is 19.4. The third-order valence-corrected chi connectivity index (χ3v) is 7.73. The Balaban J connectivity index is 1.58. The zero-order valence-electron chi connectivity index (χ0n) is 21.8. The fourth-order valence-corrected chi connectivity index (χ4v) is 5.77. The summed E-state index contributed by atoms with van der Waals surface area (Å²) in [5.74, 6) is 0.0632. The standard InChI is InChI=1S/C31H24ClN3O4S/c1-3-38-30(37)27-19(2)34-31-35(28(27)23-9-5-6-10-24(23)32)29(36)26(40-31)16-22-8-4-7-11-25(22)39-18-21-14-12-20(17-33)13-15-21/h4-16,28H,3,18H2,1-2H3/b26-16-/t28-/m0/s1. The first-order valence-electron chi connectivity index (χ1n) is 12.6. The zero-order valence-corrected chi connectivity index (χ0v) is 23.3. The second kappa shape index (κ2) is 11.7. The molecule has 0 amide bonds. The molecule has 0 spiro atoms. The van der Waals surface area contributed by atoms with E-state index in [1.807, 2.05) is 42.5 Å². The Labute approximate surface area is 239 Å². The Kier molecular flexibility index (Phi) is 7.96. The van der Waals surface area contributed by atoms with Crippen molar-refractivity contribution in [1.82, 2.24) is 4.57 Å². The van der Waals surface area contributed by atoms with Crippen LogP contribution in [0.3, 0.4) is 0 Å². The molecule has 1 aliphatic heterocycles. The summed E-state index contributed by atoms with van der Waals surface area (Å²) in [6, 6.07) is 23.1. The van der Waals surface area contributed by atoms with E-state index in [9.17, 15) is 9.59 Å². The molecule has 2 heterocycles. The van der Waals surface area contributed by atoms with E-state index in [1.54, 1.807) is 50.3 Å². The van der Waals surface area contributed by atoms with Crippen LogP contribution in [0.15, 0.2) is 93.9 Å². The molecule has 4 aromatic rings. The maximum Gasteiger partial charge on any atom is 0.338 e. The van der Waals surface area contributed by atoms with E-state index in [0.717, 1.165) is 11.1 Å².